The van der Waals surface area contributed by atoms with E-state index in [0.717, 1.165) is 13.5 Å². The smallest absolute Gasteiger partial charge is 0.00866 e. The zero-order chi connectivity index (χ0) is 8.23. The molecule has 1 saturated carbocycles. The summed E-state index contributed by atoms with van der Waals surface area (Å²) in [6.45, 7) is 0. The molecule has 0 nitrogen and oxygen atoms in total. The van der Waals surface area contributed by atoms with Crippen LogP contribution in [0, 0.1) is 0 Å². The van der Waals surface area contributed by atoms with E-state index in [1.165, 1.54) is 38.5 Å². The monoisotopic (exact) mass is 216 g/mol. The van der Waals surface area contributed by atoms with Gasteiger partial charge < -0.3 is 0 Å². The molecule has 1 aliphatic rings. The summed E-state index contributed by atoms with van der Waals surface area (Å²) >= 11 is 0. The van der Waals surface area contributed by atoms with Crippen LogP contribution in [0.3, 0.4) is 0 Å². The van der Waals surface area contributed by atoms with Crippen LogP contribution in [-0.4, -0.2) is 0 Å². The maximum absolute atomic E-state index is 2.50. The third kappa shape index (κ3) is 2.32. The van der Waals surface area contributed by atoms with Gasteiger partial charge in [-0.3, -0.25) is 0 Å². The molecule has 0 radical (unpaired) electrons. The molecule has 1 fully saturated rings. The number of hydrogen-bond donors (Lipinski definition) is 0. The van der Waals surface area contributed by atoms with Crippen LogP contribution in [0.5, 0.6) is 0 Å². The molecule has 1 aliphatic carbocycles. The molecule has 1 aromatic heterocycles. The quantitative estimate of drug-likeness (QED) is 0.557. The Labute approximate surface area is 79.2 Å². The van der Waals surface area contributed by atoms with Crippen molar-refractivity contribution in [2.24, 2.45) is 0 Å². The van der Waals surface area contributed by atoms with Crippen molar-refractivity contribution in [2.75, 3.05) is 0 Å². The molecule has 0 aromatic carbocycles. The second-order valence-corrected chi connectivity index (χ2v) is 8.89. The predicted octanol–water partition coefficient (Wildman–Crippen LogP) is 5.32. The summed E-state index contributed by atoms with van der Waals surface area (Å²) in [5.41, 5.74) is 0. The van der Waals surface area contributed by atoms with Crippen molar-refractivity contribution in [3.63, 3.8) is 0 Å². The lowest BCUT2D eigenvalue weighted by molar-refractivity contribution is 0.602. The average molecular weight is 216 g/mol. The normalized spacial score (nSPS) is 22.7. The Morgan fingerprint density at radius 1 is 1.17 bits per heavy atom. The van der Waals surface area contributed by atoms with E-state index in [0.29, 0.717) is 0 Å². The van der Waals surface area contributed by atoms with Gasteiger partial charge in [0.05, 0.1) is 0 Å². The molecule has 1 aromatic rings. The highest BCUT2D eigenvalue weighted by atomic mass is 32.1. The van der Waals surface area contributed by atoms with E-state index in [2.05, 4.69) is 5.80 Å². The minimum atomic E-state index is 0.983. The van der Waals surface area contributed by atoms with Gasteiger partial charge in [0.25, 0.3) is 0 Å². The van der Waals surface area contributed by atoms with Crippen molar-refractivity contribution in [2.45, 2.75) is 44.4 Å². The maximum atomic E-state index is 2.50. The summed E-state index contributed by atoms with van der Waals surface area (Å²) in [6, 6.07) is 0. The SMILES string of the molecule is c1p[pH]pc1C1CCCCCC1. The van der Waals surface area contributed by atoms with E-state index in [9.17, 15) is 0 Å². The molecule has 1 atom stereocenters. The lowest BCUT2D eigenvalue weighted by Gasteiger charge is -2.10. The standard InChI is InChI=1S/C9H15P3/c1-2-4-6-8(5-3-1)9-7-10-12-11-9/h7-8,12H,1-6H2. The lowest BCUT2D eigenvalue weighted by atomic mass is 10.00. The van der Waals surface area contributed by atoms with Crippen molar-refractivity contribution >= 4 is 23.3 Å². The second-order valence-electron chi connectivity index (χ2n) is 3.58. The third-order valence-corrected chi connectivity index (χ3v) is 8.03. The molecular formula is C9H15P3. The van der Waals surface area contributed by atoms with Crippen LogP contribution < -0.4 is 0 Å². The summed E-state index contributed by atoms with van der Waals surface area (Å²) in [5, 5.41) is 1.79. The van der Waals surface area contributed by atoms with Crippen molar-refractivity contribution in [1.29, 1.82) is 0 Å². The van der Waals surface area contributed by atoms with E-state index in [1.54, 1.807) is 21.0 Å². The Balaban J connectivity index is 2.02. The van der Waals surface area contributed by atoms with Crippen LogP contribution in [-0.2, 0) is 0 Å². The number of rotatable bonds is 1. The van der Waals surface area contributed by atoms with Gasteiger partial charge in [0.1, 0.15) is 0 Å². The fourth-order valence-electron chi connectivity index (χ4n) is 1.98. The maximum Gasteiger partial charge on any atom is -0.00866 e. The molecule has 0 saturated heterocycles. The van der Waals surface area contributed by atoms with Crippen LogP contribution >= 0.6 is 23.3 Å². The first kappa shape index (κ1) is 9.21. The van der Waals surface area contributed by atoms with E-state index < -0.39 is 0 Å². The van der Waals surface area contributed by atoms with Gasteiger partial charge in [0.15, 0.2) is 0 Å². The predicted molar refractivity (Wildman–Crippen MR) is 61.4 cm³/mol. The topological polar surface area (TPSA) is 0 Å². The van der Waals surface area contributed by atoms with Gasteiger partial charge in [0.2, 0.25) is 0 Å². The van der Waals surface area contributed by atoms with Crippen LogP contribution in [0.2, 0.25) is 0 Å². The van der Waals surface area contributed by atoms with E-state index in [-0.39, 0.29) is 0 Å². The second kappa shape index (κ2) is 4.76. The lowest BCUT2D eigenvalue weighted by Crippen LogP contribution is -1.92. The summed E-state index contributed by atoms with van der Waals surface area (Å²) in [4.78, 5) is 0. The molecule has 0 bridgehead atoms. The van der Waals surface area contributed by atoms with Crippen LogP contribution in [0.25, 0.3) is 0 Å². The van der Waals surface area contributed by atoms with E-state index in [1.807, 2.05) is 0 Å². The molecule has 0 amide bonds. The highest BCUT2D eigenvalue weighted by molar-refractivity contribution is 8.17. The summed E-state index contributed by atoms with van der Waals surface area (Å²) in [7, 11) is 4.43. The number of hydrogen-bond acceptors (Lipinski definition) is 0. The molecular weight excluding hydrogens is 201 g/mol. The molecule has 1 heterocycles. The Kier molecular flexibility index (Phi) is 3.65. The summed E-state index contributed by atoms with van der Waals surface area (Å²) in [6.07, 6.45) is 8.91. The average Bonchev–Trinajstić information content (AvgIpc) is 2.48. The van der Waals surface area contributed by atoms with Gasteiger partial charge in [-0.2, -0.15) is 0 Å². The van der Waals surface area contributed by atoms with Crippen molar-refractivity contribution in [1.82, 2.24) is 0 Å². The van der Waals surface area contributed by atoms with Crippen molar-refractivity contribution in [3.8, 4) is 0 Å². The fraction of sp³-hybridized carbons (Fsp3) is 0.778. The molecule has 3 heteroatoms. The van der Waals surface area contributed by atoms with Crippen molar-refractivity contribution < 1.29 is 0 Å². The highest BCUT2D eigenvalue weighted by Gasteiger charge is 2.14. The largest absolute Gasteiger partial charge is 0.0815 e. The first-order valence-corrected chi connectivity index (χ1v) is 9.36. The van der Waals surface area contributed by atoms with Crippen LogP contribution in [0.15, 0.2) is 5.80 Å². The van der Waals surface area contributed by atoms with Crippen LogP contribution in [0.4, 0.5) is 0 Å². The van der Waals surface area contributed by atoms with Gasteiger partial charge in [0, 0.05) is 0 Å². The molecule has 0 N–H and O–H groups in total. The first-order chi connectivity index (χ1) is 5.97. The van der Waals surface area contributed by atoms with Crippen molar-refractivity contribution in [3.05, 3.63) is 11.1 Å². The van der Waals surface area contributed by atoms with Gasteiger partial charge in [-0.25, -0.2) is 0 Å². The summed E-state index contributed by atoms with van der Waals surface area (Å²) < 4.78 is 0. The van der Waals surface area contributed by atoms with Gasteiger partial charge in [-0.05, 0) is 37.7 Å². The van der Waals surface area contributed by atoms with E-state index >= 15 is 0 Å². The first-order valence-electron chi connectivity index (χ1n) is 4.82. The Hall–Kier alpha value is 0.640. The fourth-order valence-corrected chi connectivity index (χ4v) is 7.98. The van der Waals surface area contributed by atoms with Crippen LogP contribution in [0.1, 0.15) is 49.7 Å². The minimum absolute atomic E-state index is 0.983. The third-order valence-electron chi connectivity index (χ3n) is 2.71. The minimum Gasteiger partial charge on any atom is -0.0815 e. The molecule has 12 heavy (non-hydrogen) atoms. The molecule has 66 valence electrons. The molecule has 0 aliphatic heterocycles. The zero-order valence-electron chi connectivity index (χ0n) is 7.29. The molecule has 2 rings (SSSR count). The zero-order valence-corrected chi connectivity index (χ0v) is 10.1. The Morgan fingerprint density at radius 3 is 2.50 bits per heavy atom. The molecule has 1 unspecified atom stereocenters. The Morgan fingerprint density at radius 2 is 1.92 bits per heavy atom. The summed E-state index contributed by atoms with van der Waals surface area (Å²) in [5.74, 6) is 3.48. The van der Waals surface area contributed by atoms with E-state index in [4.69, 9.17) is 0 Å². The van der Waals surface area contributed by atoms with Gasteiger partial charge >= 0.3 is 0 Å². The molecule has 0 spiro atoms. The van der Waals surface area contributed by atoms with Gasteiger partial charge in [-0.15, -0.1) is 0 Å². The highest BCUT2D eigenvalue weighted by Crippen LogP contribution is 2.44. The van der Waals surface area contributed by atoms with Gasteiger partial charge in [-0.1, -0.05) is 41.1 Å². The Bertz CT molecular complexity index is 210.